The van der Waals surface area contributed by atoms with Crippen molar-refractivity contribution in [2.24, 2.45) is 0 Å². The first-order valence-electron chi connectivity index (χ1n) is 12.5. The number of carbonyl (C=O) groups is 4. The zero-order chi connectivity index (χ0) is 29.1. The van der Waals surface area contributed by atoms with Crippen molar-refractivity contribution in [2.45, 2.75) is 19.3 Å². The molecule has 0 aliphatic carbocycles. The lowest BCUT2D eigenvalue weighted by Crippen LogP contribution is -2.25. The average molecular weight is 551 g/mol. The molecule has 2 N–H and O–H groups in total. The number of rotatable bonds is 6. The van der Waals surface area contributed by atoms with Gasteiger partial charge in [0.2, 0.25) is 0 Å². The molecular formula is C31H22N2O8. The zero-order valence-corrected chi connectivity index (χ0v) is 21.8. The van der Waals surface area contributed by atoms with E-state index < -0.39 is 23.6 Å². The Balaban J connectivity index is 1.15. The summed E-state index contributed by atoms with van der Waals surface area (Å²) in [4.78, 5) is 47.8. The maximum Gasteiger partial charge on any atom is 0.285 e. The van der Waals surface area contributed by atoms with Crippen LogP contribution >= 0.6 is 0 Å². The second kappa shape index (κ2) is 9.40. The van der Waals surface area contributed by atoms with Crippen molar-refractivity contribution < 1.29 is 39.1 Å². The van der Waals surface area contributed by atoms with Crippen LogP contribution in [0.5, 0.6) is 23.0 Å². The quantitative estimate of drug-likeness (QED) is 0.235. The molecule has 0 saturated carbocycles. The van der Waals surface area contributed by atoms with Gasteiger partial charge in [-0.1, -0.05) is 38.1 Å². The van der Waals surface area contributed by atoms with Crippen LogP contribution in [0.25, 0.3) is 0 Å². The number of hydroxylamine groups is 4. The summed E-state index contributed by atoms with van der Waals surface area (Å²) in [5.41, 5.74) is 2.05. The van der Waals surface area contributed by atoms with E-state index in [0.717, 1.165) is 11.1 Å². The Hall–Kier alpha value is -5.32. The molecular weight excluding hydrogens is 528 g/mol. The van der Waals surface area contributed by atoms with Gasteiger partial charge in [-0.3, -0.25) is 29.6 Å². The number of hydrogen-bond donors (Lipinski definition) is 2. The van der Waals surface area contributed by atoms with E-state index >= 15 is 0 Å². The van der Waals surface area contributed by atoms with Crippen molar-refractivity contribution in [3.05, 3.63) is 118 Å². The molecule has 204 valence electrons. The molecule has 4 aromatic rings. The van der Waals surface area contributed by atoms with Crippen LogP contribution in [0.3, 0.4) is 0 Å². The summed E-state index contributed by atoms with van der Waals surface area (Å²) in [5.74, 6) is -1.33. The van der Waals surface area contributed by atoms with Crippen LogP contribution in [-0.4, -0.2) is 44.2 Å². The Morgan fingerprint density at radius 1 is 0.488 bits per heavy atom. The zero-order valence-electron chi connectivity index (χ0n) is 21.8. The van der Waals surface area contributed by atoms with Gasteiger partial charge in [-0.2, -0.15) is 0 Å². The van der Waals surface area contributed by atoms with Gasteiger partial charge in [-0.15, -0.1) is 10.1 Å². The van der Waals surface area contributed by atoms with Crippen molar-refractivity contribution in [2.75, 3.05) is 0 Å². The van der Waals surface area contributed by atoms with Crippen LogP contribution < -0.4 is 9.47 Å². The minimum Gasteiger partial charge on any atom is -0.457 e. The third kappa shape index (κ3) is 4.31. The van der Waals surface area contributed by atoms with Gasteiger partial charge in [0, 0.05) is 5.41 Å². The van der Waals surface area contributed by atoms with Crippen LogP contribution in [-0.2, 0) is 5.41 Å². The maximum atomic E-state index is 12.0. The van der Waals surface area contributed by atoms with E-state index in [1.54, 1.807) is 36.4 Å². The molecule has 2 heterocycles. The molecule has 0 bridgehead atoms. The second-order valence-corrected chi connectivity index (χ2v) is 10.1. The molecule has 0 atom stereocenters. The first-order chi connectivity index (χ1) is 19.5. The predicted molar refractivity (Wildman–Crippen MR) is 143 cm³/mol. The third-order valence-electron chi connectivity index (χ3n) is 7.30. The summed E-state index contributed by atoms with van der Waals surface area (Å²) in [6.07, 6.45) is 0. The summed E-state index contributed by atoms with van der Waals surface area (Å²) < 4.78 is 11.8. The van der Waals surface area contributed by atoms with Gasteiger partial charge in [0.05, 0.1) is 22.3 Å². The number of carbonyl (C=O) groups excluding carboxylic acids is 4. The number of amides is 4. The highest BCUT2D eigenvalue weighted by Crippen LogP contribution is 2.36. The predicted octanol–water partition coefficient (Wildman–Crippen LogP) is 5.57. The maximum absolute atomic E-state index is 12.0. The number of hydrogen-bond acceptors (Lipinski definition) is 8. The van der Waals surface area contributed by atoms with Gasteiger partial charge in [0.15, 0.2) is 0 Å². The highest BCUT2D eigenvalue weighted by molar-refractivity contribution is 6.21. The molecule has 4 amide bonds. The van der Waals surface area contributed by atoms with Crippen LogP contribution in [0.4, 0.5) is 0 Å². The molecule has 0 spiro atoms. The smallest absolute Gasteiger partial charge is 0.285 e. The van der Waals surface area contributed by atoms with E-state index in [1.807, 2.05) is 24.3 Å². The van der Waals surface area contributed by atoms with Gasteiger partial charge >= 0.3 is 0 Å². The summed E-state index contributed by atoms with van der Waals surface area (Å²) in [7, 11) is 0. The van der Waals surface area contributed by atoms with E-state index in [1.165, 1.54) is 24.3 Å². The van der Waals surface area contributed by atoms with Crippen LogP contribution in [0.1, 0.15) is 66.4 Å². The highest BCUT2D eigenvalue weighted by atomic mass is 16.5. The Morgan fingerprint density at radius 3 is 1.17 bits per heavy atom. The number of nitrogens with zero attached hydrogens (tertiary/aromatic N) is 2. The van der Waals surface area contributed by atoms with Crippen molar-refractivity contribution >= 4 is 23.6 Å². The van der Waals surface area contributed by atoms with E-state index in [-0.39, 0.29) is 37.8 Å². The van der Waals surface area contributed by atoms with Gasteiger partial charge < -0.3 is 9.47 Å². The lowest BCUT2D eigenvalue weighted by molar-refractivity contribution is -0.0330. The topological polar surface area (TPSA) is 134 Å². The first kappa shape index (κ1) is 25.9. The van der Waals surface area contributed by atoms with E-state index in [9.17, 15) is 29.6 Å². The monoisotopic (exact) mass is 550 g/mol. The fraction of sp³-hybridized carbons (Fsp3) is 0.0968. The molecule has 0 radical (unpaired) electrons. The molecule has 2 aliphatic rings. The van der Waals surface area contributed by atoms with Crippen molar-refractivity contribution in [3.8, 4) is 23.0 Å². The fourth-order valence-corrected chi connectivity index (χ4v) is 4.86. The summed E-state index contributed by atoms with van der Waals surface area (Å²) in [6, 6.07) is 23.8. The number of ether oxygens (including phenoxy) is 2. The Bertz CT molecular complexity index is 1630. The van der Waals surface area contributed by atoms with Crippen molar-refractivity contribution in [3.63, 3.8) is 0 Å². The van der Waals surface area contributed by atoms with E-state index in [0.29, 0.717) is 23.0 Å². The molecule has 10 nitrogen and oxygen atoms in total. The Kier molecular flexibility index (Phi) is 5.95. The molecule has 0 fully saturated rings. The SMILES string of the molecule is CC(C)(c1ccc(Oc2ccc3c(c2)C(=O)N(O)C3=O)cc1)c1ccc(Oc2ccc3c(c2)C(=O)N(O)C3=O)cc1. The Morgan fingerprint density at radius 2 is 0.805 bits per heavy atom. The molecule has 0 saturated heterocycles. The minimum atomic E-state index is -0.791. The molecule has 4 aromatic carbocycles. The molecule has 41 heavy (non-hydrogen) atoms. The number of fused-ring (bicyclic) bond motifs is 2. The molecule has 0 aromatic heterocycles. The molecule has 0 unspecified atom stereocenters. The average Bonchev–Trinajstić information content (AvgIpc) is 3.32. The minimum absolute atomic E-state index is 0.0803. The third-order valence-corrected chi connectivity index (χ3v) is 7.30. The van der Waals surface area contributed by atoms with Gasteiger partial charge in [0.1, 0.15) is 23.0 Å². The fourth-order valence-electron chi connectivity index (χ4n) is 4.86. The number of benzene rings is 4. The van der Waals surface area contributed by atoms with Crippen molar-refractivity contribution in [1.29, 1.82) is 0 Å². The van der Waals surface area contributed by atoms with Gasteiger partial charge in [-0.05, 0) is 71.8 Å². The van der Waals surface area contributed by atoms with E-state index in [2.05, 4.69) is 13.8 Å². The van der Waals surface area contributed by atoms with Crippen LogP contribution in [0.15, 0.2) is 84.9 Å². The summed E-state index contributed by atoms with van der Waals surface area (Å²) in [5, 5.41) is 19.3. The lowest BCUT2D eigenvalue weighted by Gasteiger charge is -2.26. The normalized spacial score (nSPS) is 14.4. The molecule has 10 heteroatoms. The largest absolute Gasteiger partial charge is 0.457 e. The van der Waals surface area contributed by atoms with E-state index in [4.69, 9.17) is 9.47 Å². The van der Waals surface area contributed by atoms with Crippen molar-refractivity contribution in [1.82, 2.24) is 10.1 Å². The van der Waals surface area contributed by atoms with Crippen LogP contribution in [0, 0.1) is 0 Å². The highest BCUT2D eigenvalue weighted by Gasteiger charge is 2.36. The first-order valence-corrected chi connectivity index (χ1v) is 12.5. The van der Waals surface area contributed by atoms with Crippen LogP contribution in [0.2, 0.25) is 0 Å². The standard InChI is InChI=1S/C31H22N2O8/c1-31(2,17-3-7-19(8-4-17)40-21-11-13-23-25(15-21)29(36)32(38)27(23)34)18-5-9-20(10-6-18)41-22-12-14-24-26(16-22)30(37)33(39)28(24)35/h3-16,38-39H,1-2H3. The second-order valence-electron chi connectivity index (χ2n) is 10.1. The summed E-state index contributed by atoms with van der Waals surface area (Å²) in [6.45, 7) is 4.15. The summed E-state index contributed by atoms with van der Waals surface area (Å²) >= 11 is 0. The molecule has 6 rings (SSSR count). The Labute approximate surface area is 233 Å². The van der Waals surface area contributed by atoms with Gasteiger partial charge in [-0.25, -0.2) is 0 Å². The number of imide groups is 2. The molecule has 2 aliphatic heterocycles. The van der Waals surface area contributed by atoms with Gasteiger partial charge in [0.25, 0.3) is 23.6 Å². The lowest BCUT2D eigenvalue weighted by atomic mass is 9.78.